The maximum atomic E-state index is 12.7. The van der Waals surface area contributed by atoms with Crippen LogP contribution in [0.4, 0.5) is 17.5 Å². The minimum Gasteiger partial charge on any atom is -0.611 e. The number of halogens is 1. The second-order valence-corrected chi connectivity index (χ2v) is 11.2. The number of likely N-dealkylation sites (N-methyl/N-ethyl adjacent to an activating group) is 2. The van der Waals surface area contributed by atoms with Crippen molar-refractivity contribution in [2.75, 3.05) is 54.1 Å². The third-order valence-corrected chi connectivity index (χ3v) is 8.74. The first-order valence-corrected chi connectivity index (χ1v) is 13.7. The van der Waals surface area contributed by atoms with Gasteiger partial charge in [0.1, 0.15) is 11.4 Å². The number of piperidine rings is 1. The van der Waals surface area contributed by atoms with Crippen LogP contribution in [0.15, 0.2) is 29.2 Å². The van der Waals surface area contributed by atoms with Crippen molar-refractivity contribution in [1.29, 1.82) is 0 Å². The van der Waals surface area contributed by atoms with Crippen molar-refractivity contribution in [2.45, 2.75) is 49.6 Å². The number of aromatic nitrogens is 2. The normalized spacial score (nSPS) is 24.5. The molecule has 2 saturated heterocycles. The number of rotatable bonds is 6. The highest BCUT2D eigenvalue weighted by Gasteiger charge is 2.36. The van der Waals surface area contributed by atoms with Gasteiger partial charge in [-0.25, -0.2) is 4.98 Å². The van der Waals surface area contributed by atoms with Crippen LogP contribution in [0.1, 0.15) is 31.9 Å². The van der Waals surface area contributed by atoms with E-state index in [4.69, 9.17) is 21.6 Å². The topological polar surface area (TPSA) is 87.7 Å². The molecule has 1 N–H and O–H groups in total. The first kappa shape index (κ1) is 23.5. The number of fused-ring (bicyclic) bond motifs is 1. The zero-order valence-corrected chi connectivity index (χ0v) is 21.2. The summed E-state index contributed by atoms with van der Waals surface area (Å²) in [4.78, 5) is 28.8. The van der Waals surface area contributed by atoms with Crippen molar-refractivity contribution in [2.24, 2.45) is 0 Å². The minimum absolute atomic E-state index is 0.0963. The van der Waals surface area contributed by atoms with Crippen molar-refractivity contribution in [3.63, 3.8) is 0 Å². The Morgan fingerprint density at radius 3 is 2.74 bits per heavy atom. The molecule has 2 aromatic rings. The molecule has 8 nitrogen and oxygen atoms in total. The summed E-state index contributed by atoms with van der Waals surface area (Å²) in [5.74, 6) is 2.14. The van der Waals surface area contributed by atoms with Gasteiger partial charge >= 0.3 is 0 Å². The largest absolute Gasteiger partial charge is 0.611 e. The van der Waals surface area contributed by atoms with Crippen LogP contribution in [0.25, 0.3) is 0 Å². The zero-order chi connectivity index (χ0) is 23.8. The molecule has 5 rings (SSSR count). The predicted molar refractivity (Wildman–Crippen MR) is 136 cm³/mol. The van der Waals surface area contributed by atoms with Gasteiger partial charge in [-0.05, 0) is 55.2 Å². The molecule has 34 heavy (non-hydrogen) atoms. The smallest absolute Gasteiger partial charge is 0.227 e. The van der Waals surface area contributed by atoms with E-state index in [1.807, 2.05) is 19.2 Å². The fourth-order valence-electron chi connectivity index (χ4n) is 5.21. The minimum atomic E-state index is -1.09. The molecule has 0 saturated carbocycles. The third-order valence-electron chi connectivity index (χ3n) is 7.03. The lowest BCUT2D eigenvalue weighted by Crippen LogP contribution is -2.43. The van der Waals surface area contributed by atoms with E-state index in [1.54, 1.807) is 4.90 Å². The molecule has 3 aliphatic heterocycles. The Bertz CT molecular complexity index is 1050. The number of hydrogen-bond acceptors (Lipinski definition) is 7. The number of benzene rings is 1. The van der Waals surface area contributed by atoms with Crippen LogP contribution in [0.5, 0.6) is 0 Å². The molecular weight excluding hydrogens is 472 g/mol. The molecule has 4 heterocycles. The van der Waals surface area contributed by atoms with Crippen molar-refractivity contribution in [3.05, 3.63) is 35.0 Å². The van der Waals surface area contributed by atoms with E-state index in [0.29, 0.717) is 42.9 Å². The van der Waals surface area contributed by atoms with Gasteiger partial charge in [-0.15, -0.1) is 0 Å². The molecular formula is C24H31ClN6O2S. The van der Waals surface area contributed by atoms with Crippen LogP contribution in [0, 0.1) is 0 Å². The second kappa shape index (κ2) is 9.79. The number of nitrogens with zero attached hydrogens (tertiary/aromatic N) is 5. The maximum Gasteiger partial charge on any atom is 0.227 e. The van der Waals surface area contributed by atoms with E-state index in [1.165, 1.54) is 5.69 Å². The van der Waals surface area contributed by atoms with E-state index in [2.05, 4.69) is 34.2 Å². The Balaban J connectivity index is 1.36. The first-order valence-electron chi connectivity index (χ1n) is 12.0. The van der Waals surface area contributed by atoms with Gasteiger partial charge in [0.2, 0.25) is 16.8 Å². The van der Waals surface area contributed by atoms with Crippen LogP contribution in [0.2, 0.25) is 5.02 Å². The monoisotopic (exact) mass is 502 g/mol. The molecule has 3 atom stereocenters. The van der Waals surface area contributed by atoms with Crippen molar-refractivity contribution < 1.29 is 9.35 Å². The lowest BCUT2D eigenvalue weighted by atomic mass is 10.1. The van der Waals surface area contributed by atoms with E-state index >= 15 is 0 Å². The molecule has 3 aliphatic rings. The number of carbonyl (C=O) groups excluding carboxylic acids is 1. The quantitative estimate of drug-likeness (QED) is 0.607. The fourth-order valence-corrected chi connectivity index (χ4v) is 6.65. The highest BCUT2D eigenvalue weighted by molar-refractivity contribution is 7.91. The Morgan fingerprint density at radius 1 is 1.21 bits per heavy atom. The molecule has 1 aromatic carbocycles. The van der Waals surface area contributed by atoms with Crippen molar-refractivity contribution in [3.8, 4) is 0 Å². The van der Waals surface area contributed by atoms with Crippen LogP contribution in [0.3, 0.4) is 0 Å². The maximum absolute atomic E-state index is 12.7. The van der Waals surface area contributed by atoms with Gasteiger partial charge in [0, 0.05) is 68.9 Å². The molecule has 2 fully saturated rings. The average Bonchev–Trinajstić information content (AvgIpc) is 3.45. The Kier molecular flexibility index (Phi) is 6.77. The molecule has 0 spiro atoms. The van der Waals surface area contributed by atoms with Gasteiger partial charge in [0.05, 0.1) is 0 Å². The number of likely N-dealkylation sites (tertiary alicyclic amines) is 1. The lowest BCUT2D eigenvalue weighted by Gasteiger charge is -2.31. The Morgan fingerprint density at radius 2 is 2.00 bits per heavy atom. The summed E-state index contributed by atoms with van der Waals surface area (Å²) in [6, 6.07) is 8.47. The van der Waals surface area contributed by atoms with Gasteiger partial charge in [-0.1, -0.05) is 11.6 Å². The number of nitrogens with one attached hydrogen (secondary N) is 1. The van der Waals surface area contributed by atoms with Crippen molar-refractivity contribution >= 4 is 46.1 Å². The number of amides is 1. The second-order valence-electron chi connectivity index (χ2n) is 9.25. The third kappa shape index (κ3) is 4.65. The van der Waals surface area contributed by atoms with E-state index in [-0.39, 0.29) is 11.9 Å². The first-order chi connectivity index (χ1) is 16.4. The molecule has 0 bridgehead atoms. The fraction of sp³-hybridized carbons (Fsp3) is 0.542. The van der Waals surface area contributed by atoms with E-state index in [0.717, 1.165) is 48.1 Å². The standard InChI is InChI=1S/C24H31ClN6O2S/c1-3-31(18-7-4-16(25)5-8-18)19-10-12-30(15-19)24-27-20-11-13-34(33)22(20)23(28-24)26-17-6-9-21(32)29(2)14-17/h4-5,7-8,17,19H,3,6,9-15H2,1-2H3,(H,26,27,28)/t17-,19+,34?/m0/s1. The molecule has 0 aliphatic carbocycles. The molecule has 10 heteroatoms. The Labute approximate surface area is 208 Å². The highest BCUT2D eigenvalue weighted by Crippen LogP contribution is 2.34. The average molecular weight is 503 g/mol. The molecule has 1 unspecified atom stereocenters. The van der Waals surface area contributed by atoms with Crippen LogP contribution >= 0.6 is 11.6 Å². The van der Waals surface area contributed by atoms with Gasteiger partial charge in [-0.2, -0.15) is 4.98 Å². The lowest BCUT2D eigenvalue weighted by molar-refractivity contribution is -0.132. The molecule has 0 radical (unpaired) electrons. The number of hydrogen-bond donors (Lipinski definition) is 1. The number of carbonyl (C=O) groups is 1. The number of aryl methyl sites for hydroxylation is 1. The number of anilines is 3. The van der Waals surface area contributed by atoms with Crippen LogP contribution < -0.4 is 15.1 Å². The molecule has 1 aromatic heterocycles. The van der Waals surface area contributed by atoms with Gasteiger partial charge < -0.3 is 24.6 Å². The Hall–Kier alpha value is -2.23. The van der Waals surface area contributed by atoms with E-state index in [9.17, 15) is 9.35 Å². The van der Waals surface area contributed by atoms with Crippen LogP contribution in [-0.2, 0) is 22.4 Å². The summed E-state index contributed by atoms with van der Waals surface area (Å²) in [7, 11) is 1.83. The summed E-state index contributed by atoms with van der Waals surface area (Å²) in [6.07, 6.45) is 2.99. The van der Waals surface area contributed by atoms with Gasteiger partial charge in [-0.3, -0.25) is 4.79 Å². The summed E-state index contributed by atoms with van der Waals surface area (Å²) < 4.78 is 12.7. The summed E-state index contributed by atoms with van der Waals surface area (Å²) in [5, 5.41) is 4.26. The predicted octanol–water partition coefficient (Wildman–Crippen LogP) is 2.93. The van der Waals surface area contributed by atoms with Gasteiger partial charge in [0.25, 0.3) is 0 Å². The SMILES string of the molecule is CCN(c1ccc(Cl)cc1)[C@@H]1CCN(c2nc3c(c(N[C@H]4CCC(=O)N(C)C4)n2)[S+]([O-])CC3)C1. The molecule has 182 valence electrons. The molecule has 1 amide bonds. The summed E-state index contributed by atoms with van der Waals surface area (Å²) in [6.45, 7) is 5.41. The van der Waals surface area contributed by atoms with Crippen molar-refractivity contribution in [1.82, 2.24) is 14.9 Å². The zero-order valence-electron chi connectivity index (χ0n) is 19.7. The van der Waals surface area contributed by atoms with Gasteiger partial charge in [0.15, 0.2) is 5.82 Å². The summed E-state index contributed by atoms with van der Waals surface area (Å²) in [5.41, 5.74) is 2.06. The summed E-state index contributed by atoms with van der Waals surface area (Å²) >= 11 is 5.00. The van der Waals surface area contributed by atoms with Crippen LogP contribution in [-0.4, -0.2) is 76.4 Å². The highest BCUT2D eigenvalue weighted by atomic mass is 35.5. The van der Waals surface area contributed by atoms with E-state index < -0.39 is 11.2 Å².